The van der Waals surface area contributed by atoms with E-state index < -0.39 is 58.3 Å². The van der Waals surface area contributed by atoms with Crippen molar-refractivity contribution >= 4 is 11.9 Å². The Balaban J connectivity index is 1.61. The molecule has 1 saturated carbocycles. The van der Waals surface area contributed by atoms with E-state index in [-0.39, 0.29) is 6.61 Å². The standard InChI is InChI=1S/C21H19N3O6/c1-3-29-16(25)21-15-13-9-10-14(20(15,21)11(2)30-17(21)26)24-19(28)22(18(27)23(13)24)12-7-5-4-6-8-12/h4-11,13-15H,3H2,1-2H3/t11-,13?,14?,15+,20?,21+/m0/s1. The Morgan fingerprint density at radius 2 is 1.80 bits per heavy atom. The first-order valence-electron chi connectivity index (χ1n) is 10.0. The molecule has 9 heteroatoms. The lowest BCUT2D eigenvalue weighted by Crippen LogP contribution is -2.48. The molecule has 4 heterocycles. The SMILES string of the molecule is CCOC(=O)[C@]12C(=O)O[C@@H](C)C13C1C=CC([C@H]32)n2c(=O)n(-c3ccccc3)c(=O)n21. The van der Waals surface area contributed by atoms with E-state index in [2.05, 4.69) is 0 Å². The van der Waals surface area contributed by atoms with E-state index in [1.165, 1.54) is 9.36 Å². The van der Waals surface area contributed by atoms with Crippen LogP contribution in [0.2, 0.25) is 0 Å². The highest BCUT2D eigenvalue weighted by Gasteiger charge is 2.97. The van der Waals surface area contributed by atoms with Gasteiger partial charge in [0, 0.05) is 5.92 Å². The molecule has 2 aliphatic carbocycles. The van der Waals surface area contributed by atoms with E-state index in [0.29, 0.717) is 5.69 Å². The Morgan fingerprint density at radius 3 is 2.50 bits per heavy atom. The molecule has 3 unspecified atom stereocenters. The molecule has 5 aliphatic rings. The van der Waals surface area contributed by atoms with Crippen molar-refractivity contribution in [3.8, 4) is 5.69 Å². The maximum absolute atomic E-state index is 13.4. The van der Waals surface area contributed by atoms with Gasteiger partial charge in [-0.3, -0.25) is 9.59 Å². The minimum Gasteiger partial charge on any atom is -0.465 e. The average molecular weight is 409 g/mol. The lowest BCUT2D eigenvalue weighted by molar-refractivity contribution is -0.162. The number of nitrogens with zero attached hydrogens (tertiary/aromatic N) is 3. The summed E-state index contributed by atoms with van der Waals surface area (Å²) in [6.07, 6.45) is 3.04. The van der Waals surface area contributed by atoms with E-state index in [1.807, 2.05) is 12.2 Å². The zero-order valence-corrected chi connectivity index (χ0v) is 16.3. The summed E-state index contributed by atoms with van der Waals surface area (Å²) in [6, 6.07) is 7.42. The fourth-order valence-corrected chi connectivity index (χ4v) is 6.40. The highest BCUT2D eigenvalue weighted by molar-refractivity contribution is 6.08. The Labute approximate surface area is 170 Å². The van der Waals surface area contributed by atoms with Crippen molar-refractivity contribution in [1.29, 1.82) is 0 Å². The fraction of sp³-hybridized carbons (Fsp3) is 0.429. The van der Waals surface area contributed by atoms with Gasteiger partial charge in [0.05, 0.1) is 29.8 Å². The number of hydrogen-bond acceptors (Lipinski definition) is 6. The quantitative estimate of drug-likeness (QED) is 0.418. The second kappa shape index (κ2) is 5.21. The van der Waals surface area contributed by atoms with Crippen molar-refractivity contribution in [2.75, 3.05) is 6.61 Å². The van der Waals surface area contributed by atoms with Crippen LogP contribution in [0.25, 0.3) is 5.69 Å². The summed E-state index contributed by atoms with van der Waals surface area (Å²) in [6.45, 7) is 3.55. The second-order valence-electron chi connectivity index (χ2n) is 8.23. The van der Waals surface area contributed by atoms with Gasteiger partial charge in [-0.1, -0.05) is 30.4 Å². The number of hydrogen-bond donors (Lipinski definition) is 0. The lowest BCUT2D eigenvalue weighted by Gasteiger charge is -2.40. The largest absolute Gasteiger partial charge is 0.465 e. The summed E-state index contributed by atoms with van der Waals surface area (Å²) < 4.78 is 14.7. The minimum absolute atomic E-state index is 0.126. The Hall–Kier alpha value is -3.36. The minimum atomic E-state index is -1.50. The molecule has 2 fully saturated rings. The van der Waals surface area contributed by atoms with E-state index >= 15 is 0 Å². The summed E-state index contributed by atoms with van der Waals surface area (Å²) in [5.74, 6) is -1.75. The van der Waals surface area contributed by atoms with Crippen molar-refractivity contribution < 1.29 is 19.1 Å². The molecular formula is C21H19N3O6. The molecule has 2 aromatic rings. The number of esters is 2. The number of allylic oxidation sites excluding steroid dienone is 2. The number of rotatable bonds is 3. The van der Waals surface area contributed by atoms with Crippen LogP contribution < -0.4 is 11.4 Å². The topological polar surface area (TPSA) is 102 Å². The molecule has 1 aromatic heterocycles. The fourth-order valence-electron chi connectivity index (χ4n) is 6.40. The predicted molar refractivity (Wildman–Crippen MR) is 102 cm³/mol. The third-order valence-corrected chi connectivity index (χ3v) is 7.35. The molecule has 2 bridgehead atoms. The van der Waals surface area contributed by atoms with Gasteiger partial charge in [-0.2, -0.15) is 0 Å². The van der Waals surface area contributed by atoms with Crippen LogP contribution in [0, 0.1) is 16.7 Å². The maximum Gasteiger partial charge on any atom is 0.352 e. The molecule has 1 saturated heterocycles. The molecule has 0 N–H and O–H groups in total. The summed E-state index contributed by atoms with van der Waals surface area (Å²) in [4.78, 5) is 52.7. The molecule has 30 heavy (non-hydrogen) atoms. The van der Waals surface area contributed by atoms with Gasteiger partial charge in [-0.05, 0) is 26.0 Å². The van der Waals surface area contributed by atoms with Gasteiger partial charge in [0.15, 0.2) is 5.41 Å². The number of ether oxygens (including phenoxy) is 2. The highest BCUT2D eigenvalue weighted by Crippen LogP contribution is 2.85. The van der Waals surface area contributed by atoms with Crippen LogP contribution in [0.5, 0.6) is 0 Å². The average Bonchev–Trinajstić information content (AvgIpc) is 3.27. The molecule has 0 radical (unpaired) electrons. The normalized spacial score (nSPS) is 36.7. The maximum atomic E-state index is 13.4. The van der Waals surface area contributed by atoms with Crippen molar-refractivity contribution in [3.05, 3.63) is 63.5 Å². The van der Waals surface area contributed by atoms with Crippen LogP contribution in [0.3, 0.4) is 0 Å². The summed E-state index contributed by atoms with van der Waals surface area (Å²) in [5.41, 5.74) is -2.96. The number of carbonyl (C=O) groups is 2. The smallest absolute Gasteiger partial charge is 0.352 e. The van der Waals surface area contributed by atoms with Crippen LogP contribution in [0.15, 0.2) is 52.1 Å². The number of para-hydroxylation sites is 1. The third-order valence-electron chi connectivity index (χ3n) is 7.35. The van der Waals surface area contributed by atoms with Crippen molar-refractivity contribution in [2.45, 2.75) is 32.0 Å². The van der Waals surface area contributed by atoms with E-state index in [0.717, 1.165) is 4.57 Å². The van der Waals surface area contributed by atoms with Gasteiger partial charge < -0.3 is 9.47 Å². The molecule has 9 nitrogen and oxygen atoms in total. The van der Waals surface area contributed by atoms with Crippen LogP contribution in [0.1, 0.15) is 25.9 Å². The van der Waals surface area contributed by atoms with E-state index in [1.54, 1.807) is 44.2 Å². The zero-order valence-electron chi connectivity index (χ0n) is 16.3. The molecule has 0 amide bonds. The lowest BCUT2D eigenvalue weighted by atomic mass is 9.79. The molecule has 3 aliphatic heterocycles. The van der Waals surface area contributed by atoms with Gasteiger partial charge in [0.1, 0.15) is 6.10 Å². The third kappa shape index (κ3) is 1.51. The summed E-state index contributed by atoms with van der Waals surface area (Å²) in [5, 5.41) is 0. The first kappa shape index (κ1) is 17.5. The number of carbonyl (C=O) groups excluding carboxylic acids is 2. The highest BCUT2D eigenvalue weighted by atomic mass is 16.6. The Bertz CT molecular complexity index is 1270. The number of benzene rings is 1. The summed E-state index contributed by atoms with van der Waals surface area (Å²) >= 11 is 0. The van der Waals surface area contributed by atoms with Crippen molar-refractivity contribution in [1.82, 2.24) is 13.9 Å². The van der Waals surface area contributed by atoms with Crippen LogP contribution in [-0.2, 0) is 19.1 Å². The van der Waals surface area contributed by atoms with Gasteiger partial charge >= 0.3 is 23.3 Å². The first-order valence-corrected chi connectivity index (χ1v) is 10.0. The van der Waals surface area contributed by atoms with Crippen molar-refractivity contribution in [3.63, 3.8) is 0 Å². The molecule has 7 rings (SSSR count). The number of cyclic esters (lactones) is 1. The van der Waals surface area contributed by atoms with Crippen molar-refractivity contribution in [2.24, 2.45) is 16.7 Å². The Morgan fingerprint density at radius 1 is 1.10 bits per heavy atom. The molecule has 6 atom stereocenters. The van der Waals surface area contributed by atoms with Crippen LogP contribution in [-0.4, -0.2) is 38.6 Å². The van der Waals surface area contributed by atoms with Gasteiger partial charge in [-0.15, -0.1) is 0 Å². The summed E-state index contributed by atoms with van der Waals surface area (Å²) in [7, 11) is 0. The number of aromatic nitrogens is 3. The predicted octanol–water partition coefficient (Wildman–Crippen LogP) is 0.577. The first-order chi connectivity index (χ1) is 14.4. The zero-order chi connectivity index (χ0) is 21.0. The molecular weight excluding hydrogens is 390 g/mol. The van der Waals surface area contributed by atoms with Crippen LogP contribution >= 0.6 is 0 Å². The molecule has 1 aromatic carbocycles. The van der Waals surface area contributed by atoms with Crippen LogP contribution in [0.4, 0.5) is 0 Å². The van der Waals surface area contributed by atoms with E-state index in [9.17, 15) is 19.2 Å². The van der Waals surface area contributed by atoms with Gasteiger partial charge in [0.2, 0.25) is 0 Å². The Kier molecular flexibility index (Phi) is 3.04. The van der Waals surface area contributed by atoms with E-state index in [4.69, 9.17) is 9.47 Å². The van der Waals surface area contributed by atoms with Gasteiger partial charge in [0.25, 0.3) is 0 Å². The molecule has 154 valence electrons. The van der Waals surface area contributed by atoms with Gasteiger partial charge in [-0.25, -0.2) is 23.5 Å². The molecule has 1 spiro atoms. The monoisotopic (exact) mass is 409 g/mol. The second-order valence-corrected chi connectivity index (χ2v) is 8.23.